The lowest BCUT2D eigenvalue weighted by atomic mass is 10.00. The van der Waals surface area contributed by atoms with Gasteiger partial charge < -0.3 is 4.74 Å². The molecule has 0 N–H and O–H groups in total. The van der Waals surface area contributed by atoms with Crippen molar-refractivity contribution in [1.29, 1.82) is 0 Å². The summed E-state index contributed by atoms with van der Waals surface area (Å²) >= 11 is 0. The Morgan fingerprint density at radius 3 is 2.62 bits per heavy atom. The highest BCUT2D eigenvalue weighted by Gasteiger charge is 2.24. The maximum atomic E-state index is 10.2. The highest BCUT2D eigenvalue weighted by atomic mass is 16.5. The normalized spacial score (nSPS) is 31.5. The monoisotopic (exact) mass is 115 g/mol. The maximum absolute atomic E-state index is 10.2. The zero-order valence-corrected chi connectivity index (χ0v) is 5.09. The van der Waals surface area contributed by atoms with Crippen molar-refractivity contribution in [2.75, 3.05) is 13.2 Å². The van der Waals surface area contributed by atoms with Crippen LogP contribution in [0.5, 0.6) is 0 Å². The Balaban J connectivity index is 2.13. The highest BCUT2D eigenvalue weighted by Crippen LogP contribution is 2.19. The van der Waals surface area contributed by atoms with Crippen molar-refractivity contribution in [3.63, 3.8) is 0 Å². The van der Waals surface area contributed by atoms with Crippen LogP contribution in [0.15, 0.2) is 0 Å². The van der Waals surface area contributed by atoms with E-state index in [2.05, 4.69) is 0 Å². The van der Waals surface area contributed by atoms with Gasteiger partial charge in [-0.25, -0.2) is 5.11 Å². The molecule has 0 aromatic heterocycles. The molecule has 1 aliphatic heterocycles. The van der Waals surface area contributed by atoms with Gasteiger partial charge in [-0.2, -0.15) is 0 Å². The maximum Gasteiger partial charge on any atom is 0.0872 e. The largest absolute Gasteiger partial charge is 0.378 e. The van der Waals surface area contributed by atoms with Gasteiger partial charge in [-0.1, -0.05) is 6.92 Å². The molecule has 0 bridgehead atoms. The molecule has 0 saturated carbocycles. The summed E-state index contributed by atoms with van der Waals surface area (Å²) in [5.41, 5.74) is 0. The minimum Gasteiger partial charge on any atom is -0.378 e. The van der Waals surface area contributed by atoms with Gasteiger partial charge in [0.1, 0.15) is 0 Å². The van der Waals surface area contributed by atoms with Crippen LogP contribution in [0.2, 0.25) is 0 Å². The third kappa shape index (κ3) is 1.01. The fourth-order valence-corrected chi connectivity index (χ4v) is 0.810. The number of ether oxygens (including phenoxy) is 1. The average molecular weight is 115 g/mol. The Labute approximate surface area is 49.5 Å². The lowest BCUT2D eigenvalue weighted by molar-refractivity contribution is -0.0959. The SMILES string of the molecule is CC(C[O])C1CCO1. The zero-order chi connectivity index (χ0) is 5.98. The summed E-state index contributed by atoms with van der Waals surface area (Å²) in [5.74, 6) is 0.226. The zero-order valence-electron chi connectivity index (χ0n) is 5.09. The average Bonchev–Trinajstić information content (AvgIpc) is 1.62. The Hall–Kier alpha value is -0.0800. The summed E-state index contributed by atoms with van der Waals surface area (Å²) in [7, 11) is 0. The second-order valence-electron chi connectivity index (χ2n) is 2.34. The Morgan fingerprint density at radius 2 is 2.50 bits per heavy atom. The Bertz CT molecular complexity index is 66.2. The number of hydrogen-bond acceptors (Lipinski definition) is 1. The smallest absolute Gasteiger partial charge is 0.0872 e. The first-order valence-electron chi connectivity index (χ1n) is 3.04. The predicted octanol–water partition coefficient (Wildman–Crippen LogP) is 0.842. The van der Waals surface area contributed by atoms with Crippen LogP contribution in [-0.2, 0) is 9.84 Å². The molecule has 47 valence electrons. The minimum atomic E-state index is 0.00463. The van der Waals surface area contributed by atoms with Gasteiger partial charge in [0.2, 0.25) is 0 Å². The number of rotatable bonds is 2. The molecule has 2 unspecified atom stereocenters. The molecule has 1 fully saturated rings. The first-order valence-corrected chi connectivity index (χ1v) is 3.04. The van der Waals surface area contributed by atoms with Gasteiger partial charge in [-0.3, -0.25) is 0 Å². The van der Waals surface area contributed by atoms with Gasteiger partial charge in [0, 0.05) is 12.5 Å². The third-order valence-electron chi connectivity index (χ3n) is 1.63. The first kappa shape index (κ1) is 6.05. The molecule has 1 rings (SSSR count). The second kappa shape index (κ2) is 2.46. The Morgan fingerprint density at radius 1 is 1.88 bits per heavy atom. The van der Waals surface area contributed by atoms with E-state index in [1.54, 1.807) is 0 Å². The van der Waals surface area contributed by atoms with Gasteiger partial charge in [-0.15, -0.1) is 0 Å². The Kier molecular flexibility index (Phi) is 1.86. The molecule has 2 atom stereocenters. The van der Waals surface area contributed by atoms with Crippen LogP contribution in [0.3, 0.4) is 0 Å². The van der Waals surface area contributed by atoms with Gasteiger partial charge in [0.05, 0.1) is 12.7 Å². The van der Waals surface area contributed by atoms with Crippen molar-refractivity contribution in [2.24, 2.45) is 5.92 Å². The van der Waals surface area contributed by atoms with E-state index < -0.39 is 0 Å². The van der Waals surface area contributed by atoms with Crippen LogP contribution in [0.1, 0.15) is 13.3 Å². The van der Waals surface area contributed by atoms with Crippen LogP contribution in [0.25, 0.3) is 0 Å². The first-order chi connectivity index (χ1) is 3.84. The van der Waals surface area contributed by atoms with Crippen molar-refractivity contribution < 1.29 is 9.84 Å². The van der Waals surface area contributed by atoms with E-state index >= 15 is 0 Å². The molecule has 0 aromatic rings. The molecule has 1 heterocycles. The summed E-state index contributed by atoms with van der Waals surface area (Å²) < 4.78 is 5.08. The van der Waals surface area contributed by atoms with Crippen molar-refractivity contribution >= 4 is 0 Å². The van der Waals surface area contributed by atoms with Gasteiger partial charge in [0.15, 0.2) is 0 Å². The molecule has 0 aromatic carbocycles. The second-order valence-corrected chi connectivity index (χ2v) is 2.34. The molecule has 1 saturated heterocycles. The van der Waals surface area contributed by atoms with Gasteiger partial charge in [0.25, 0.3) is 0 Å². The molecule has 2 nitrogen and oxygen atoms in total. The third-order valence-corrected chi connectivity index (χ3v) is 1.63. The van der Waals surface area contributed by atoms with E-state index in [0.29, 0.717) is 0 Å². The van der Waals surface area contributed by atoms with Gasteiger partial charge in [-0.05, 0) is 6.42 Å². The van der Waals surface area contributed by atoms with Crippen LogP contribution < -0.4 is 0 Å². The molecule has 1 aliphatic rings. The van der Waals surface area contributed by atoms with Crippen LogP contribution in [0, 0.1) is 5.92 Å². The summed E-state index contributed by atoms with van der Waals surface area (Å²) in [6, 6.07) is 0. The highest BCUT2D eigenvalue weighted by molar-refractivity contribution is 4.71. The van der Waals surface area contributed by atoms with E-state index in [9.17, 15) is 5.11 Å². The van der Waals surface area contributed by atoms with E-state index in [1.807, 2.05) is 6.92 Å². The number of hydrogen-bond donors (Lipinski definition) is 0. The lowest BCUT2D eigenvalue weighted by Crippen LogP contribution is -2.34. The summed E-state index contributed by atoms with van der Waals surface area (Å²) in [5, 5.41) is 10.2. The minimum absolute atomic E-state index is 0.00463. The standard InChI is InChI=1S/C6H11O2/c1-5(4-7)6-2-3-8-6/h5-6H,2-4H2,1H3. The predicted molar refractivity (Wildman–Crippen MR) is 29.1 cm³/mol. The topological polar surface area (TPSA) is 29.1 Å². The summed E-state index contributed by atoms with van der Waals surface area (Å²) in [6.07, 6.45) is 1.37. The van der Waals surface area contributed by atoms with E-state index in [1.165, 1.54) is 0 Å². The molecule has 2 heteroatoms. The van der Waals surface area contributed by atoms with Gasteiger partial charge >= 0.3 is 0 Å². The fraction of sp³-hybridized carbons (Fsp3) is 1.00. The van der Waals surface area contributed by atoms with E-state index in [4.69, 9.17) is 4.74 Å². The van der Waals surface area contributed by atoms with Crippen molar-refractivity contribution in [3.05, 3.63) is 0 Å². The molecule has 1 radical (unpaired) electrons. The van der Waals surface area contributed by atoms with Crippen LogP contribution >= 0.6 is 0 Å². The fourth-order valence-electron chi connectivity index (χ4n) is 0.810. The van der Waals surface area contributed by atoms with Crippen molar-refractivity contribution in [3.8, 4) is 0 Å². The van der Waals surface area contributed by atoms with Crippen LogP contribution in [0.4, 0.5) is 0 Å². The molecule has 8 heavy (non-hydrogen) atoms. The summed E-state index contributed by atoms with van der Waals surface area (Å²) in [6.45, 7) is 2.80. The van der Waals surface area contributed by atoms with E-state index in [0.717, 1.165) is 13.0 Å². The molecule has 0 spiro atoms. The molecular weight excluding hydrogens is 104 g/mol. The summed E-state index contributed by atoms with van der Waals surface area (Å²) in [4.78, 5) is 0. The van der Waals surface area contributed by atoms with Crippen molar-refractivity contribution in [1.82, 2.24) is 0 Å². The van der Waals surface area contributed by atoms with Crippen molar-refractivity contribution in [2.45, 2.75) is 19.4 Å². The molecule has 0 amide bonds. The van der Waals surface area contributed by atoms with E-state index in [-0.39, 0.29) is 18.6 Å². The molecular formula is C6H11O2. The lowest BCUT2D eigenvalue weighted by Gasteiger charge is -2.30. The quantitative estimate of drug-likeness (QED) is 0.524. The van der Waals surface area contributed by atoms with Crippen LogP contribution in [-0.4, -0.2) is 19.3 Å². The molecule has 0 aliphatic carbocycles.